The van der Waals surface area contributed by atoms with Crippen molar-refractivity contribution < 1.29 is 14.6 Å². The quantitative estimate of drug-likeness (QED) is 0.783. The molecule has 1 N–H and O–H groups in total. The monoisotopic (exact) mass is 296 g/mol. The van der Waals surface area contributed by atoms with Gasteiger partial charge in [-0.1, -0.05) is 0 Å². The fraction of sp³-hybridized carbons (Fsp3) is 0.786. The van der Waals surface area contributed by atoms with Gasteiger partial charge in [-0.15, -0.1) is 10.2 Å². The van der Waals surface area contributed by atoms with E-state index < -0.39 is 0 Å². The van der Waals surface area contributed by atoms with Gasteiger partial charge in [0.15, 0.2) is 0 Å². The van der Waals surface area contributed by atoms with Crippen LogP contribution in [-0.4, -0.2) is 64.1 Å². The van der Waals surface area contributed by atoms with Crippen LogP contribution in [0.1, 0.15) is 25.7 Å². The van der Waals surface area contributed by atoms with Gasteiger partial charge in [-0.2, -0.15) is 0 Å². The molecule has 1 aliphatic heterocycles. The topological polar surface area (TPSA) is 80.5 Å². The lowest BCUT2D eigenvalue weighted by molar-refractivity contribution is -0.136. The van der Waals surface area contributed by atoms with Crippen LogP contribution in [0.4, 0.5) is 0 Å². The molecule has 1 aliphatic rings. The molecule has 0 aliphatic carbocycles. The fourth-order valence-electron chi connectivity index (χ4n) is 2.87. The lowest BCUT2D eigenvalue weighted by Gasteiger charge is -2.42. The molecule has 0 bridgehead atoms. The summed E-state index contributed by atoms with van der Waals surface area (Å²) in [7, 11) is 1.66. The molecule has 1 saturated heterocycles. The van der Waals surface area contributed by atoms with Crippen LogP contribution in [0.15, 0.2) is 12.7 Å². The lowest BCUT2D eigenvalue weighted by Crippen LogP contribution is -2.48. The Hall–Kier alpha value is -1.47. The number of hydrogen-bond acceptors (Lipinski definition) is 5. The largest absolute Gasteiger partial charge is 0.396 e. The molecule has 1 aromatic rings. The molecule has 1 fully saturated rings. The molecule has 7 nitrogen and oxygen atoms in total. The Morgan fingerprint density at radius 3 is 2.86 bits per heavy atom. The molecule has 7 heteroatoms. The first-order valence-electron chi connectivity index (χ1n) is 7.39. The van der Waals surface area contributed by atoms with Crippen molar-refractivity contribution in [3.63, 3.8) is 0 Å². The lowest BCUT2D eigenvalue weighted by atomic mass is 9.78. The molecule has 2 rings (SSSR count). The van der Waals surface area contributed by atoms with Gasteiger partial charge in [-0.3, -0.25) is 4.79 Å². The zero-order valence-corrected chi connectivity index (χ0v) is 12.6. The van der Waals surface area contributed by atoms with Gasteiger partial charge in [0.05, 0.1) is 6.61 Å². The van der Waals surface area contributed by atoms with Gasteiger partial charge in [0.25, 0.3) is 0 Å². The summed E-state index contributed by atoms with van der Waals surface area (Å²) in [5.41, 5.74) is -0.208. The SMILES string of the molecule is COCC[C@]1(CO)CCCN(C(=O)CCn2cnnc2)C1. The number of aryl methyl sites for hydroxylation is 1. The van der Waals surface area contributed by atoms with E-state index in [1.54, 1.807) is 24.3 Å². The zero-order chi connectivity index (χ0) is 15.1. The minimum atomic E-state index is -0.208. The van der Waals surface area contributed by atoms with Gasteiger partial charge in [0.2, 0.25) is 5.91 Å². The number of nitrogens with zero attached hydrogens (tertiary/aromatic N) is 4. The first kappa shape index (κ1) is 15.9. The van der Waals surface area contributed by atoms with Crippen LogP contribution in [0.25, 0.3) is 0 Å². The van der Waals surface area contributed by atoms with E-state index >= 15 is 0 Å². The Morgan fingerprint density at radius 2 is 2.19 bits per heavy atom. The summed E-state index contributed by atoms with van der Waals surface area (Å²) in [5.74, 6) is 0.124. The molecular formula is C14H24N4O3. The van der Waals surface area contributed by atoms with Crippen LogP contribution in [-0.2, 0) is 16.1 Å². The van der Waals surface area contributed by atoms with Gasteiger partial charge < -0.3 is 19.3 Å². The number of methoxy groups -OCH3 is 1. The summed E-state index contributed by atoms with van der Waals surface area (Å²) < 4.78 is 6.93. The number of hydrogen-bond donors (Lipinski definition) is 1. The van der Waals surface area contributed by atoms with Crippen molar-refractivity contribution >= 4 is 5.91 Å². The van der Waals surface area contributed by atoms with Gasteiger partial charge in [-0.05, 0) is 19.3 Å². The smallest absolute Gasteiger partial charge is 0.224 e. The van der Waals surface area contributed by atoms with E-state index in [4.69, 9.17) is 4.74 Å². The molecule has 0 unspecified atom stereocenters. The molecular weight excluding hydrogens is 272 g/mol. The van der Waals surface area contributed by atoms with E-state index in [-0.39, 0.29) is 17.9 Å². The van der Waals surface area contributed by atoms with E-state index in [1.807, 2.05) is 4.90 Å². The van der Waals surface area contributed by atoms with E-state index in [9.17, 15) is 9.90 Å². The van der Waals surface area contributed by atoms with Crippen molar-refractivity contribution in [2.24, 2.45) is 5.41 Å². The molecule has 118 valence electrons. The van der Waals surface area contributed by atoms with Crippen LogP contribution < -0.4 is 0 Å². The first-order valence-corrected chi connectivity index (χ1v) is 7.39. The van der Waals surface area contributed by atoms with E-state index in [0.29, 0.717) is 26.1 Å². The number of aromatic nitrogens is 3. The summed E-state index contributed by atoms with van der Waals surface area (Å²) in [6.45, 7) is 2.70. The van der Waals surface area contributed by atoms with Crippen molar-refractivity contribution in [3.05, 3.63) is 12.7 Å². The maximum absolute atomic E-state index is 12.3. The molecule has 0 spiro atoms. The highest BCUT2D eigenvalue weighted by Crippen LogP contribution is 2.33. The third-order valence-corrected chi connectivity index (χ3v) is 4.24. The third kappa shape index (κ3) is 4.25. The minimum absolute atomic E-state index is 0.103. The number of likely N-dealkylation sites (tertiary alicyclic amines) is 1. The van der Waals surface area contributed by atoms with Crippen molar-refractivity contribution in [3.8, 4) is 0 Å². The van der Waals surface area contributed by atoms with Crippen LogP contribution in [0.3, 0.4) is 0 Å². The second-order valence-electron chi connectivity index (χ2n) is 5.77. The van der Waals surface area contributed by atoms with E-state index in [2.05, 4.69) is 10.2 Å². The van der Waals surface area contributed by atoms with E-state index in [0.717, 1.165) is 25.8 Å². The summed E-state index contributed by atoms with van der Waals surface area (Å²) in [6.07, 6.45) is 6.32. The number of aliphatic hydroxyl groups is 1. The Balaban J connectivity index is 1.88. The minimum Gasteiger partial charge on any atom is -0.396 e. The normalized spacial score (nSPS) is 22.5. The number of carbonyl (C=O) groups is 1. The number of carbonyl (C=O) groups excluding carboxylic acids is 1. The second kappa shape index (κ2) is 7.51. The van der Waals surface area contributed by atoms with Crippen LogP contribution in [0.5, 0.6) is 0 Å². The summed E-state index contributed by atoms with van der Waals surface area (Å²) >= 11 is 0. The Kier molecular flexibility index (Phi) is 5.69. The zero-order valence-electron chi connectivity index (χ0n) is 12.6. The standard InChI is InChI=1S/C14H24N4O3/c1-21-8-5-14(10-19)4-2-6-18(9-14)13(20)3-7-17-11-15-16-12-17/h11-12,19H,2-10H2,1H3/t14-/m1/s1. The average Bonchev–Trinajstić information content (AvgIpc) is 3.04. The Morgan fingerprint density at radius 1 is 1.43 bits per heavy atom. The predicted octanol–water partition coefficient (Wildman–Crippen LogP) is 0.306. The van der Waals surface area contributed by atoms with Gasteiger partial charge in [-0.25, -0.2) is 0 Å². The number of piperidine rings is 1. The summed E-state index contributed by atoms with van der Waals surface area (Å²) in [4.78, 5) is 14.2. The number of rotatable bonds is 7. The predicted molar refractivity (Wildman–Crippen MR) is 76.5 cm³/mol. The van der Waals surface area contributed by atoms with Gasteiger partial charge in [0.1, 0.15) is 12.7 Å². The maximum atomic E-state index is 12.3. The molecule has 2 heterocycles. The molecule has 0 radical (unpaired) electrons. The molecule has 1 amide bonds. The van der Waals surface area contributed by atoms with Crippen molar-refractivity contribution in [1.29, 1.82) is 0 Å². The Labute approximate surface area is 124 Å². The number of aliphatic hydroxyl groups excluding tert-OH is 1. The van der Waals surface area contributed by atoms with Gasteiger partial charge in [0, 0.05) is 45.2 Å². The van der Waals surface area contributed by atoms with Crippen molar-refractivity contribution in [2.75, 3.05) is 33.4 Å². The van der Waals surface area contributed by atoms with Gasteiger partial charge >= 0.3 is 0 Å². The fourth-order valence-corrected chi connectivity index (χ4v) is 2.87. The molecule has 1 aromatic heterocycles. The summed E-state index contributed by atoms with van der Waals surface area (Å²) in [5, 5.41) is 17.2. The number of ether oxygens (including phenoxy) is 1. The molecule has 1 atom stereocenters. The van der Waals surface area contributed by atoms with E-state index in [1.165, 1.54) is 0 Å². The Bertz CT molecular complexity index is 437. The molecule has 21 heavy (non-hydrogen) atoms. The maximum Gasteiger partial charge on any atom is 0.224 e. The van der Waals surface area contributed by atoms with Crippen LogP contribution in [0.2, 0.25) is 0 Å². The highest BCUT2D eigenvalue weighted by Gasteiger charge is 2.36. The van der Waals surface area contributed by atoms with Crippen LogP contribution in [0, 0.1) is 5.41 Å². The van der Waals surface area contributed by atoms with Crippen molar-refractivity contribution in [1.82, 2.24) is 19.7 Å². The average molecular weight is 296 g/mol. The number of amides is 1. The molecule has 0 saturated carbocycles. The van der Waals surface area contributed by atoms with Crippen LogP contribution >= 0.6 is 0 Å². The summed E-state index contributed by atoms with van der Waals surface area (Å²) in [6, 6.07) is 0. The first-order chi connectivity index (χ1) is 10.2. The molecule has 0 aromatic carbocycles. The highest BCUT2D eigenvalue weighted by atomic mass is 16.5. The van der Waals surface area contributed by atoms with Crippen molar-refractivity contribution in [2.45, 2.75) is 32.2 Å². The highest BCUT2D eigenvalue weighted by molar-refractivity contribution is 5.76. The third-order valence-electron chi connectivity index (χ3n) is 4.24. The second-order valence-corrected chi connectivity index (χ2v) is 5.77.